The number of halogens is 1. The number of nitrogens with zero attached hydrogens (tertiary/aromatic N) is 1. The molecule has 2 amide bonds. The molecule has 104 valence electrons. The van der Waals surface area contributed by atoms with Gasteiger partial charge < -0.3 is 5.32 Å². The summed E-state index contributed by atoms with van der Waals surface area (Å²) in [4.78, 5) is 22.9. The van der Waals surface area contributed by atoms with Crippen LogP contribution in [0.4, 0.5) is 5.69 Å². The molecule has 3 rings (SSSR count). The lowest BCUT2D eigenvalue weighted by Gasteiger charge is -2.15. The maximum atomic E-state index is 11.6. The van der Waals surface area contributed by atoms with Crippen LogP contribution < -0.4 is 10.7 Å². The van der Waals surface area contributed by atoms with E-state index in [1.165, 1.54) is 0 Å². The minimum absolute atomic E-state index is 0.0453. The van der Waals surface area contributed by atoms with Crippen LogP contribution in [0.1, 0.15) is 24.5 Å². The van der Waals surface area contributed by atoms with Gasteiger partial charge in [0.15, 0.2) is 0 Å². The second kappa shape index (κ2) is 4.90. The Morgan fingerprint density at radius 2 is 2.30 bits per heavy atom. The SMILES string of the molecule is CC(Cl)C(=O)Nc1ccc2c(c1)CC1CC(=O)NN=C21. The summed E-state index contributed by atoms with van der Waals surface area (Å²) >= 11 is 5.73. The Morgan fingerprint density at radius 1 is 1.50 bits per heavy atom. The number of hydrogen-bond donors (Lipinski definition) is 2. The maximum Gasteiger partial charge on any atom is 0.242 e. The van der Waals surface area contributed by atoms with E-state index in [1.54, 1.807) is 6.92 Å². The van der Waals surface area contributed by atoms with Crippen molar-refractivity contribution in [1.82, 2.24) is 5.43 Å². The number of fused-ring (bicyclic) bond motifs is 3. The molecule has 0 aromatic heterocycles. The van der Waals surface area contributed by atoms with Gasteiger partial charge >= 0.3 is 0 Å². The molecule has 0 bridgehead atoms. The Morgan fingerprint density at radius 3 is 3.05 bits per heavy atom. The van der Waals surface area contributed by atoms with E-state index in [0.29, 0.717) is 6.42 Å². The fraction of sp³-hybridized carbons (Fsp3) is 0.357. The topological polar surface area (TPSA) is 70.6 Å². The van der Waals surface area contributed by atoms with Gasteiger partial charge in [-0.05, 0) is 31.0 Å². The molecule has 1 aromatic carbocycles. The van der Waals surface area contributed by atoms with Gasteiger partial charge in [0.1, 0.15) is 5.38 Å². The number of anilines is 1. The molecule has 2 aliphatic rings. The summed E-state index contributed by atoms with van der Waals surface area (Å²) in [5, 5.41) is 6.34. The molecule has 0 saturated heterocycles. The van der Waals surface area contributed by atoms with Crippen molar-refractivity contribution in [2.75, 3.05) is 5.32 Å². The Hall–Kier alpha value is -1.88. The molecule has 20 heavy (non-hydrogen) atoms. The predicted octanol–water partition coefficient (Wildman–Crippen LogP) is 1.65. The first-order valence-corrected chi connectivity index (χ1v) is 6.93. The van der Waals surface area contributed by atoms with Gasteiger partial charge in [0.25, 0.3) is 0 Å². The quantitative estimate of drug-likeness (QED) is 0.813. The summed E-state index contributed by atoms with van der Waals surface area (Å²) < 4.78 is 0. The molecule has 1 aliphatic carbocycles. The third kappa shape index (κ3) is 2.29. The summed E-state index contributed by atoms with van der Waals surface area (Å²) in [6.45, 7) is 1.63. The first-order chi connectivity index (χ1) is 9.54. The summed E-state index contributed by atoms with van der Waals surface area (Å²) in [5.41, 5.74) is 6.32. The molecule has 0 saturated carbocycles. The minimum Gasteiger partial charge on any atom is -0.325 e. The summed E-state index contributed by atoms with van der Waals surface area (Å²) in [6, 6.07) is 5.69. The Bertz CT molecular complexity index is 625. The molecule has 0 fully saturated rings. The van der Waals surface area contributed by atoms with E-state index in [2.05, 4.69) is 15.8 Å². The minimum atomic E-state index is -0.572. The first-order valence-electron chi connectivity index (χ1n) is 6.49. The lowest BCUT2D eigenvalue weighted by Crippen LogP contribution is -2.31. The average Bonchev–Trinajstić information content (AvgIpc) is 2.74. The molecular formula is C14H14ClN3O2. The fourth-order valence-electron chi connectivity index (χ4n) is 2.63. The van der Waals surface area contributed by atoms with Gasteiger partial charge in [-0.1, -0.05) is 6.07 Å². The molecule has 0 spiro atoms. The monoisotopic (exact) mass is 291 g/mol. The highest BCUT2D eigenvalue weighted by molar-refractivity contribution is 6.32. The number of nitrogens with one attached hydrogen (secondary N) is 2. The van der Waals surface area contributed by atoms with Gasteiger partial charge in [0, 0.05) is 23.6 Å². The molecule has 0 radical (unpaired) electrons. The van der Waals surface area contributed by atoms with Crippen LogP contribution in [0.25, 0.3) is 0 Å². The number of rotatable bonds is 2. The Labute approximate surface area is 121 Å². The molecule has 2 N–H and O–H groups in total. The van der Waals surface area contributed by atoms with Crippen LogP contribution in [0.15, 0.2) is 23.3 Å². The third-order valence-corrected chi connectivity index (χ3v) is 3.79. The van der Waals surface area contributed by atoms with E-state index < -0.39 is 5.38 Å². The van der Waals surface area contributed by atoms with Crippen LogP contribution >= 0.6 is 11.6 Å². The second-order valence-electron chi connectivity index (χ2n) is 5.11. The van der Waals surface area contributed by atoms with E-state index >= 15 is 0 Å². The second-order valence-corrected chi connectivity index (χ2v) is 5.77. The highest BCUT2D eigenvalue weighted by atomic mass is 35.5. The normalized spacial score (nSPS) is 21.4. The van der Waals surface area contributed by atoms with E-state index in [4.69, 9.17) is 11.6 Å². The van der Waals surface area contributed by atoms with Gasteiger partial charge in [0.05, 0.1) is 5.71 Å². The number of hydrogen-bond acceptors (Lipinski definition) is 3. The lowest BCUT2D eigenvalue weighted by atomic mass is 9.99. The zero-order valence-corrected chi connectivity index (χ0v) is 11.7. The summed E-state index contributed by atoms with van der Waals surface area (Å²) in [6.07, 6.45) is 1.25. The van der Waals surface area contributed by atoms with Crippen molar-refractivity contribution in [3.05, 3.63) is 29.3 Å². The van der Waals surface area contributed by atoms with E-state index in [9.17, 15) is 9.59 Å². The third-order valence-electron chi connectivity index (χ3n) is 3.60. The molecule has 1 heterocycles. The number of alkyl halides is 1. The van der Waals surface area contributed by atoms with Crippen molar-refractivity contribution in [3.8, 4) is 0 Å². The predicted molar refractivity (Wildman–Crippen MR) is 76.9 cm³/mol. The largest absolute Gasteiger partial charge is 0.325 e. The molecule has 2 unspecified atom stereocenters. The van der Waals surface area contributed by atoms with Gasteiger partial charge in [0.2, 0.25) is 11.8 Å². The maximum absolute atomic E-state index is 11.6. The van der Waals surface area contributed by atoms with Crippen molar-refractivity contribution < 1.29 is 9.59 Å². The number of carbonyl (C=O) groups excluding carboxylic acids is 2. The lowest BCUT2D eigenvalue weighted by molar-refractivity contribution is -0.122. The zero-order valence-electron chi connectivity index (χ0n) is 10.9. The van der Waals surface area contributed by atoms with Crippen molar-refractivity contribution in [2.45, 2.75) is 25.1 Å². The number of amides is 2. The Balaban J connectivity index is 1.86. The van der Waals surface area contributed by atoms with Crippen LogP contribution in [-0.4, -0.2) is 22.9 Å². The molecular weight excluding hydrogens is 278 g/mol. The highest BCUT2D eigenvalue weighted by Gasteiger charge is 2.33. The van der Waals surface area contributed by atoms with Crippen molar-refractivity contribution in [3.63, 3.8) is 0 Å². The van der Waals surface area contributed by atoms with E-state index in [-0.39, 0.29) is 17.7 Å². The summed E-state index contributed by atoms with van der Waals surface area (Å²) in [7, 11) is 0. The van der Waals surface area contributed by atoms with Gasteiger partial charge in [-0.25, -0.2) is 5.43 Å². The fourth-order valence-corrected chi connectivity index (χ4v) is 2.68. The zero-order chi connectivity index (χ0) is 14.3. The number of carbonyl (C=O) groups is 2. The number of benzene rings is 1. The smallest absolute Gasteiger partial charge is 0.242 e. The van der Waals surface area contributed by atoms with Crippen molar-refractivity contribution in [1.29, 1.82) is 0 Å². The average molecular weight is 292 g/mol. The molecule has 1 aliphatic heterocycles. The number of hydrazone groups is 1. The van der Waals surface area contributed by atoms with E-state index in [1.807, 2.05) is 18.2 Å². The molecule has 6 heteroatoms. The highest BCUT2D eigenvalue weighted by Crippen LogP contribution is 2.32. The van der Waals surface area contributed by atoms with Gasteiger partial charge in [-0.2, -0.15) is 5.10 Å². The van der Waals surface area contributed by atoms with Crippen molar-refractivity contribution >= 4 is 34.8 Å². The molecule has 2 atom stereocenters. The van der Waals surface area contributed by atoms with Crippen molar-refractivity contribution in [2.24, 2.45) is 11.0 Å². The molecule has 1 aromatic rings. The van der Waals surface area contributed by atoms with Crippen LogP contribution in [-0.2, 0) is 16.0 Å². The van der Waals surface area contributed by atoms with Crippen LogP contribution in [0.5, 0.6) is 0 Å². The van der Waals surface area contributed by atoms with Crippen LogP contribution in [0.3, 0.4) is 0 Å². The first kappa shape index (κ1) is 13.1. The van der Waals surface area contributed by atoms with Crippen LogP contribution in [0, 0.1) is 5.92 Å². The Kier molecular flexibility index (Phi) is 3.22. The van der Waals surface area contributed by atoms with Gasteiger partial charge in [-0.15, -0.1) is 11.6 Å². The summed E-state index contributed by atoms with van der Waals surface area (Å²) in [5.74, 6) is -0.121. The van der Waals surface area contributed by atoms with E-state index in [0.717, 1.165) is 28.9 Å². The standard InChI is InChI=1S/C14H14ClN3O2/c1-7(15)14(20)16-10-2-3-11-8(5-10)4-9-6-12(19)17-18-13(9)11/h2-3,5,7,9H,4,6H2,1H3,(H,16,20)(H,17,19). The van der Waals surface area contributed by atoms with Gasteiger partial charge in [-0.3, -0.25) is 9.59 Å². The van der Waals surface area contributed by atoms with Crippen LogP contribution in [0.2, 0.25) is 0 Å². The molecule has 5 nitrogen and oxygen atoms in total.